The first-order valence-electron chi connectivity index (χ1n) is 12.4. The molecule has 0 bridgehead atoms. The first-order valence-corrected chi connectivity index (χ1v) is 14.3. The molecule has 198 valence electrons. The van der Waals surface area contributed by atoms with Crippen LogP contribution in [-0.4, -0.2) is 57.1 Å². The summed E-state index contributed by atoms with van der Waals surface area (Å²) in [6, 6.07) is 14.1. The minimum Gasteiger partial charge on any atom is -0.492 e. The molecule has 0 aliphatic heterocycles. The Morgan fingerprint density at radius 1 is 1.08 bits per heavy atom. The lowest BCUT2D eigenvalue weighted by Crippen LogP contribution is -2.47. The van der Waals surface area contributed by atoms with Crippen LogP contribution < -0.4 is 14.4 Å². The Morgan fingerprint density at radius 3 is 2.44 bits per heavy atom. The number of para-hydroxylation sites is 2. The normalized spacial score (nSPS) is 12.0. The summed E-state index contributed by atoms with van der Waals surface area (Å²) in [6.45, 7) is 8.86. The molecule has 1 unspecified atom stereocenters. The highest BCUT2D eigenvalue weighted by Crippen LogP contribution is 2.30. The predicted octanol–water partition coefficient (Wildman–Crippen LogP) is 3.88. The molecule has 2 aromatic carbocycles. The van der Waals surface area contributed by atoms with Crippen LogP contribution in [0.4, 0.5) is 5.69 Å². The van der Waals surface area contributed by atoms with Crippen molar-refractivity contribution in [1.82, 2.24) is 10.2 Å². The van der Waals surface area contributed by atoms with Crippen molar-refractivity contribution < 1.29 is 22.7 Å². The molecule has 1 atom stereocenters. The van der Waals surface area contributed by atoms with E-state index < -0.39 is 16.1 Å². The average molecular weight is 518 g/mol. The van der Waals surface area contributed by atoms with E-state index in [1.165, 1.54) is 4.31 Å². The third-order valence-electron chi connectivity index (χ3n) is 5.74. The van der Waals surface area contributed by atoms with E-state index in [1.54, 1.807) is 36.1 Å². The van der Waals surface area contributed by atoms with Gasteiger partial charge in [-0.25, -0.2) is 8.42 Å². The lowest BCUT2D eigenvalue weighted by atomic mass is 10.1. The Balaban J connectivity index is 2.19. The topological polar surface area (TPSA) is 96.0 Å². The second-order valence-electron chi connectivity index (χ2n) is 8.82. The number of hydrogen-bond donors (Lipinski definition) is 1. The third-order valence-corrected chi connectivity index (χ3v) is 6.92. The molecule has 0 saturated carbocycles. The molecule has 0 aliphatic rings. The van der Waals surface area contributed by atoms with Crippen molar-refractivity contribution in [3.05, 3.63) is 59.7 Å². The molecule has 0 heterocycles. The van der Waals surface area contributed by atoms with Gasteiger partial charge in [-0.3, -0.25) is 13.9 Å². The van der Waals surface area contributed by atoms with Crippen molar-refractivity contribution in [3.63, 3.8) is 0 Å². The van der Waals surface area contributed by atoms with E-state index in [0.717, 1.165) is 23.8 Å². The molecule has 1 N–H and O–H groups in total. The molecule has 2 aromatic rings. The predicted molar refractivity (Wildman–Crippen MR) is 144 cm³/mol. The minimum atomic E-state index is -3.61. The molecule has 0 aromatic heterocycles. The number of amides is 2. The quantitative estimate of drug-likeness (QED) is 0.410. The molecule has 0 fully saturated rings. The van der Waals surface area contributed by atoms with Crippen molar-refractivity contribution in [3.8, 4) is 5.75 Å². The number of sulfonamides is 1. The molecule has 8 nitrogen and oxygen atoms in total. The van der Waals surface area contributed by atoms with Gasteiger partial charge in [0.25, 0.3) is 0 Å². The molecule has 36 heavy (non-hydrogen) atoms. The molecule has 0 aliphatic carbocycles. The number of carbonyl (C=O) groups excluding carboxylic acids is 2. The Morgan fingerprint density at radius 2 is 1.81 bits per heavy atom. The van der Waals surface area contributed by atoms with Gasteiger partial charge < -0.3 is 15.0 Å². The second-order valence-corrected chi connectivity index (χ2v) is 10.7. The number of benzene rings is 2. The minimum absolute atomic E-state index is 0.0973. The highest BCUT2D eigenvalue weighted by atomic mass is 32.2. The molecule has 0 radical (unpaired) electrons. The number of rotatable bonds is 14. The van der Waals surface area contributed by atoms with Crippen LogP contribution in [0.1, 0.15) is 51.2 Å². The number of nitrogens with one attached hydrogen (secondary N) is 1. The van der Waals surface area contributed by atoms with E-state index in [9.17, 15) is 18.0 Å². The summed E-state index contributed by atoms with van der Waals surface area (Å²) in [4.78, 5) is 27.6. The monoisotopic (exact) mass is 517 g/mol. The maximum absolute atomic E-state index is 13.3. The number of ether oxygens (including phenoxy) is 1. The lowest BCUT2D eigenvalue weighted by molar-refractivity contribution is -0.140. The van der Waals surface area contributed by atoms with Crippen LogP contribution in [0.25, 0.3) is 0 Å². The maximum Gasteiger partial charge on any atom is 0.242 e. The largest absolute Gasteiger partial charge is 0.492 e. The SMILES string of the molecule is CCCNC(=O)C(C)N(Cc1cccc(C)c1)C(=O)CCCN(c1ccccc1OCC)S(C)(=O)=O. The molecule has 0 spiro atoms. The molecular weight excluding hydrogens is 478 g/mol. The number of carbonyl (C=O) groups is 2. The molecule has 2 amide bonds. The summed E-state index contributed by atoms with van der Waals surface area (Å²) in [5.41, 5.74) is 2.44. The lowest BCUT2D eigenvalue weighted by Gasteiger charge is -2.29. The zero-order valence-corrected chi connectivity index (χ0v) is 22.8. The summed E-state index contributed by atoms with van der Waals surface area (Å²) in [5, 5.41) is 2.86. The number of hydrogen-bond acceptors (Lipinski definition) is 5. The van der Waals surface area contributed by atoms with Crippen molar-refractivity contribution in [2.24, 2.45) is 0 Å². The maximum atomic E-state index is 13.3. The van der Waals surface area contributed by atoms with Gasteiger partial charge in [0.2, 0.25) is 21.8 Å². The fourth-order valence-electron chi connectivity index (χ4n) is 3.91. The van der Waals surface area contributed by atoms with Crippen LogP contribution in [0.5, 0.6) is 5.75 Å². The summed E-state index contributed by atoms with van der Waals surface area (Å²) in [5.74, 6) is 0.0579. The molecule has 0 saturated heterocycles. The van der Waals surface area contributed by atoms with E-state index in [4.69, 9.17) is 4.74 Å². The van der Waals surface area contributed by atoms with Gasteiger partial charge in [0, 0.05) is 26.1 Å². The van der Waals surface area contributed by atoms with Crippen molar-refractivity contribution in [2.45, 2.75) is 59.5 Å². The average Bonchev–Trinajstić information content (AvgIpc) is 2.83. The van der Waals surface area contributed by atoms with Crippen molar-refractivity contribution >= 4 is 27.5 Å². The smallest absolute Gasteiger partial charge is 0.242 e. The molecular formula is C27H39N3O5S. The van der Waals surface area contributed by atoms with Gasteiger partial charge in [-0.1, -0.05) is 48.9 Å². The fraction of sp³-hybridized carbons (Fsp3) is 0.481. The second kappa shape index (κ2) is 13.9. The zero-order valence-electron chi connectivity index (χ0n) is 22.0. The van der Waals surface area contributed by atoms with Crippen molar-refractivity contribution in [2.75, 3.05) is 30.3 Å². The van der Waals surface area contributed by atoms with Gasteiger partial charge in [0.1, 0.15) is 11.8 Å². The van der Waals surface area contributed by atoms with Gasteiger partial charge >= 0.3 is 0 Å². The Labute approximate surface area is 215 Å². The Kier molecular flexibility index (Phi) is 11.2. The summed E-state index contributed by atoms with van der Waals surface area (Å²) < 4.78 is 32.1. The van der Waals surface area contributed by atoms with Crippen LogP contribution >= 0.6 is 0 Å². The number of aryl methyl sites for hydroxylation is 1. The van der Waals surface area contributed by atoms with Gasteiger partial charge in [0.15, 0.2) is 0 Å². The standard InChI is InChI=1S/C27H39N3O5S/c1-6-17-28-27(32)22(4)29(20-23-13-10-12-21(3)19-23)26(31)16-11-18-30(36(5,33)34)24-14-8-9-15-25(24)35-7-2/h8-10,12-15,19,22H,6-7,11,16-18,20H2,1-5H3,(H,28,32). The van der Waals surface area contributed by atoms with Crippen LogP contribution in [0.3, 0.4) is 0 Å². The van der Waals surface area contributed by atoms with Gasteiger partial charge in [-0.2, -0.15) is 0 Å². The molecule has 9 heteroatoms. The first kappa shape index (κ1) is 29.2. The van der Waals surface area contributed by atoms with E-state index in [0.29, 0.717) is 37.6 Å². The fourth-order valence-corrected chi connectivity index (χ4v) is 4.88. The van der Waals surface area contributed by atoms with E-state index in [1.807, 2.05) is 45.0 Å². The third kappa shape index (κ3) is 8.55. The molecule has 2 rings (SSSR count). The van der Waals surface area contributed by atoms with E-state index in [-0.39, 0.29) is 24.8 Å². The summed E-state index contributed by atoms with van der Waals surface area (Å²) in [7, 11) is -3.61. The van der Waals surface area contributed by atoms with Gasteiger partial charge in [-0.05, 0) is 51.3 Å². The highest BCUT2D eigenvalue weighted by molar-refractivity contribution is 7.92. The summed E-state index contributed by atoms with van der Waals surface area (Å²) >= 11 is 0. The zero-order chi connectivity index (χ0) is 26.7. The van der Waals surface area contributed by atoms with Crippen LogP contribution in [0, 0.1) is 6.92 Å². The Hall–Kier alpha value is -3.07. The van der Waals surface area contributed by atoms with Gasteiger partial charge in [0.05, 0.1) is 18.6 Å². The first-order chi connectivity index (χ1) is 17.1. The van der Waals surface area contributed by atoms with E-state index in [2.05, 4.69) is 5.32 Å². The summed E-state index contributed by atoms with van der Waals surface area (Å²) in [6.07, 6.45) is 2.33. The highest BCUT2D eigenvalue weighted by Gasteiger charge is 2.27. The number of nitrogens with zero attached hydrogens (tertiary/aromatic N) is 2. The van der Waals surface area contributed by atoms with Crippen LogP contribution in [0.15, 0.2) is 48.5 Å². The van der Waals surface area contributed by atoms with Gasteiger partial charge in [-0.15, -0.1) is 0 Å². The van der Waals surface area contributed by atoms with Crippen LogP contribution in [0.2, 0.25) is 0 Å². The van der Waals surface area contributed by atoms with E-state index >= 15 is 0 Å². The van der Waals surface area contributed by atoms with Crippen LogP contribution in [-0.2, 0) is 26.2 Å². The van der Waals surface area contributed by atoms with Crippen molar-refractivity contribution in [1.29, 1.82) is 0 Å². The Bertz CT molecular complexity index is 1120. The number of anilines is 1.